The Morgan fingerprint density at radius 3 is 3.13 bits per heavy atom. The van der Waals surface area contributed by atoms with Gasteiger partial charge in [0, 0.05) is 0 Å². The molecule has 23 heavy (non-hydrogen) atoms. The first kappa shape index (κ1) is 15.9. The highest BCUT2D eigenvalue weighted by atomic mass is 32.1. The van der Waals surface area contributed by atoms with E-state index in [4.69, 9.17) is 4.74 Å². The lowest BCUT2D eigenvalue weighted by Crippen LogP contribution is -2.31. The molecule has 0 saturated carbocycles. The second kappa shape index (κ2) is 7.08. The van der Waals surface area contributed by atoms with Crippen molar-refractivity contribution >= 4 is 17.4 Å². The average molecular weight is 331 g/mol. The molecule has 0 bridgehead atoms. The van der Waals surface area contributed by atoms with E-state index in [0.717, 1.165) is 43.5 Å². The molecule has 6 heteroatoms. The Labute approximate surface area is 140 Å². The first-order valence-corrected chi connectivity index (χ1v) is 8.79. The molecule has 1 amide bonds. The standard InChI is InChI=1S/C17H21N3O2S/c1-3-5-15-16(23-20-19-15)17(21)18-14-7-4-6-11-10-12(22-2)8-9-13(11)14/h8-10,14H,3-7H2,1-2H3,(H,18,21)/t14-/m0/s1. The second-order valence-electron chi connectivity index (χ2n) is 5.78. The number of hydrogen-bond acceptors (Lipinski definition) is 5. The van der Waals surface area contributed by atoms with E-state index in [0.29, 0.717) is 4.88 Å². The van der Waals surface area contributed by atoms with Crippen molar-refractivity contribution in [3.05, 3.63) is 39.9 Å². The molecular weight excluding hydrogens is 310 g/mol. The maximum absolute atomic E-state index is 12.6. The van der Waals surface area contributed by atoms with Crippen molar-refractivity contribution in [2.45, 2.75) is 45.1 Å². The number of benzene rings is 1. The van der Waals surface area contributed by atoms with Gasteiger partial charge in [0.1, 0.15) is 10.6 Å². The van der Waals surface area contributed by atoms with Crippen LogP contribution in [0.3, 0.4) is 0 Å². The van der Waals surface area contributed by atoms with E-state index in [1.165, 1.54) is 22.7 Å². The number of ether oxygens (including phenoxy) is 1. The van der Waals surface area contributed by atoms with Crippen LogP contribution in [0.2, 0.25) is 0 Å². The van der Waals surface area contributed by atoms with Crippen LogP contribution in [0.25, 0.3) is 0 Å². The fraction of sp³-hybridized carbons (Fsp3) is 0.471. The summed E-state index contributed by atoms with van der Waals surface area (Å²) in [4.78, 5) is 13.2. The van der Waals surface area contributed by atoms with Crippen molar-refractivity contribution in [3.63, 3.8) is 0 Å². The van der Waals surface area contributed by atoms with Crippen LogP contribution in [-0.4, -0.2) is 22.6 Å². The summed E-state index contributed by atoms with van der Waals surface area (Å²) in [6, 6.07) is 6.15. The summed E-state index contributed by atoms with van der Waals surface area (Å²) in [6.45, 7) is 2.08. The van der Waals surface area contributed by atoms with Gasteiger partial charge in [-0.05, 0) is 60.5 Å². The second-order valence-corrected chi connectivity index (χ2v) is 6.54. The molecule has 0 fully saturated rings. The van der Waals surface area contributed by atoms with Gasteiger partial charge >= 0.3 is 0 Å². The summed E-state index contributed by atoms with van der Waals surface area (Å²) in [7, 11) is 1.68. The Morgan fingerprint density at radius 1 is 1.48 bits per heavy atom. The van der Waals surface area contributed by atoms with Gasteiger partial charge in [-0.15, -0.1) is 5.10 Å². The minimum Gasteiger partial charge on any atom is -0.497 e. The predicted octanol–water partition coefficient (Wildman–Crippen LogP) is 3.31. The molecule has 1 aromatic carbocycles. The molecule has 0 spiro atoms. The first-order valence-electron chi connectivity index (χ1n) is 8.01. The van der Waals surface area contributed by atoms with E-state index in [1.54, 1.807) is 7.11 Å². The van der Waals surface area contributed by atoms with Gasteiger partial charge in [0.05, 0.1) is 18.8 Å². The number of aryl methyl sites for hydroxylation is 2. The molecule has 1 aliphatic rings. The molecule has 1 heterocycles. The number of fused-ring (bicyclic) bond motifs is 1. The predicted molar refractivity (Wildman–Crippen MR) is 90.0 cm³/mol. The highest BCUT2D eigenvalue weighted by Gasteiger charge is 2.24. The largest absolute Gasteiger partial charge is 0.497 e. The third kappa shape index (κ3) is 3.37. The fourth-order valence-electron chi connectivity index (χ4n) is 3.07. The third-order valence-corrected chi connectivity index (χ3v) is 4.99. The highest BCUT2D eigenvalue weighted by Crippen LogP contribution is 2.32. The molecule has 2 aromatic rings. The Kier molecular flexibility index (Phi) is 4.91. The van der Waals surface area contributed by atoms with Gasteiger partial charge in [-0.25, -0.2) is 0 Å². The molecule has 122 valence electrons. The van der Waals surface area contributed by atoms with Crippen molar-refractivity contribution in [2.24, 2.45) is 0 Å². The number of hydrogen-bond donors (Lipinski definition) is 1. The Balaban J connectivity index is 1.79. The molecule has 1 aliphatic carbocycles. The lowest BCUT2D eigenvalue weighted by Gasteiger charge is -2.26. The molecule has 0 saturated heterocycles. The molecule has 1 aromatic heterocycles. The number of nitrogens with one attached hydrogen (secondary N) is 1. The van der Waals surface area contributed by atoms with Crippen molar-refractivity contribution in [1.82, 2.24) is 14.9 Å². The molecule has 3 rings (SSSR count). The SMILES string of the molecule is CCCc1nnsc1C(=O)N[C@H]1CCCc2cc(OC)ccc21. The number of aromatic nitrogens is 2. The number of nitrogens with zero attached hydrogens (tertiary/aromatic N) is 2. The minimum absolute atomic E-state index is 0.0498. The summed E-state index contributed by atoms with van der Waals surface area (Å²) in [5.74, 6) is 0.810. The van der Waals surface area contributed by atoms with Crippen LogP contribution in [0, 0.1) is 0 Å². The summed E-state index contributed by atoms with van der Waals surface area (Å²) in [5.41, 5.74) is 3.26. The van der Waals surface area contributed by atoms with E-state index in [9.17, 15) is 4.79 Å². The van der Waals surface area contributed by atoms with Crippen LogP contribution in [-0.2, 0) is 12.8 Å². The molecular formula is C17H21N3O2S. The van der Waals surface area contributed by atoms with Crippen LogP contribution < -0.4 is 10.1 Å². The number of carbonyl (C=O) groups excluding carboxylic acids is 1. The summed E-state index contributed by atoms with van der Waals surface area (Å²) >= 11 is 1.18. The molecule has 0 aliphatic heterocycles. The lowest BCUT2D eigenvalue weighted by molar-refractivity contribution is 0.0935. The maximum atomic E-state index is 12.6. The minimum atomic E-state index is -0.0582. The van der Waals surface area contributed by atoms with Crippen LogP contribution in [0.4, 0.5) is 0 Å². The number of carbonyl (C=O) groups is 1. The van der Waals surface area contributed by atoms with Crippen molar-refractivity contribution in [1.29, 1.82) is 0 Å². The molecule has 1 N–H and O–H groups in total. The van der Waals surface area contributed by atoms with E-state index >= 15 is 0 Å². The smallest absolute Gasteiger partial charge is 0.265 e. The zero-order valence-electron chi connectivity index (χ0n) is 13.5. The Morgan fingerprint density at radius 2 is 2.35 bits per heavy atom. The Bertz CT molecular complexity index is 699. The van der Waals surface area contributed by atoms with Gasteiger partial charge in [0.25, 0.3) is 5.91 Å². The van der Waals surface area contributed by atoms with Gasteiger partial charge in [-0.2, -0.15) is 0 Å². The molecule has 0 unspecified atom stereocenters. The van der Waals surface area contributed by atoms with Crippen molar-refractivity contribution in [3.8, 4) is 5.75 Å². The normalized spacial score (nSPS) is 16.7. The van der Waals surface area contributed by atoms with Gasteiger partial charge in [0.15, 0.2) is 0 Å². The van der Waals surface area contributed by atoms with Gasteiger partial charge in [-0.1, -0.05) is 23.9 Å². The summed E-state index contributed by atoms with van der Waals surface area (Å²) < 4.78 is 9.23. The fourth-order valence-corrected chi connectivity index (χ4v) is 3.68. The van der Waals surface area contributed by atoms with Gasteiger partial charge < -0.3 is 10.1 Å². The summed E-state index contributed by atoms with van der Waals surface area (Å²) in [6.07, 6.45) is 4.80. The van der Waals surface area contributed by atoms with Crippen LogP contribution in [0.5, 0.6) is 5.75 Å². The highest BCUT2D eigenvalue weighted by molar-refractivity contribution is 7.08. The molecule has 5 nitrogen and oxygen atoms in total. The lowest BCUT2D eigenvalue weighted by atomic mass is 9.87. The van der Waals surface area contributed by atoms with Gasteiger partial charge in [-0.3, -0.25) is 4.79 Å². The zero-order chi connectivity index (χ0) is 16.2. The topological polar surface area (TPSA) is 64.1 Å². The average Bonchev–Trinajstić information content (AvgIpc) is 3.03. The van der Waals surface area contributed by atoms with Gasteiger partial charge in [0.2, 0.25) is 0 Å². The summed E-state index contributed by atoms with van der Waals surface area (Å²) in [5, 5.41) is 7.24. The Hall–Kier alpha value is -1.95. The quantitative estimate of drug-likeness (QED) is 0.913. The van der Waals surface area contributed by atoms with E-state index < -0.39 is 0 Å². The van der Waals surface area contributed by atoms with E-state index in [2.05, 4.69) is 34.0 Å². The number of rotatable bonds is 5. The monoisotopic (exact) mass is 331 g/mol. The number of methoxy groups -OCH3 is 1. The van der Waals surface area contributed by atoms with Crippen LogP contribution >= 0.6 is 11.5 Å². The molecule has 1 atom stereocenters. The number of amides is 1. The molecule has 0 radical (unpaired) electrons. The van der Waals surface area contributed by atoms with Crippen molar-refractivity contribution in [2.75, 3.05) is 7.11 Å². The van der Waals surface area contributed by atoms with E-state index in [-0.39, 0.29) is 11.9 Å². The first-order chi connectivity index (χ1) is 11.2. The third-order valence-electron chi connectivity index (χ3n) is 4.22. The maximum Gasteiger partial charge on any atom is 0.265 e. The van der Waals surface area contributed by atoms with Crippen LogP contribution in [0.15, 0.2) is 18.2 Å². The van der Waals surface area contributed by atoms with Crippen LogP contribution in [0.1, 0.15) is 58.7 Å². The van der Waals surface area contributed by atoms with Crippen molar-refractivity contribution < 1.29 is 9.53 Å². The van der Waals surface area contributed by atoms with E-state index in [1.807, 2.05) is 6.07 Å². The zero-order valence-corrected chi connectivity index (χ0v) is 14.3.